The standard InChI is InChI=1S/C36H73N2O6P/c1-6-8-10-12-14-16-17-18-19-20-22-24-26-28-30-36(40)37-34(33-44-45(41,42)43-32-31-38(3,4)5)35(39)29-27-25-23-21-15-13-11-9-7-2/h27,29,34-35,39H,6-26,28,30-33H2,1-5H3,(H-,37,40,41,42)/b29-27+/t34-,35+/m0/s1. The molecule has 0 aromatic carbocycles. The van der Waals surface area contributed by atoms with E-state index in [9.17, 15) is 19.4 Å². The van der Waals surface area contributed by atoms with Crippen molar-refractivity contribution in [3.05, 3.63) is 12.2 Å². The number of aliphatic hydroxyl groups is 1. The number of nitrogens with one attached hydrogen (secondary N) is 1. The first-order valence-electron chi connectivity index (χ1n) is 18.6. The van der Waals surface area contributed by atoms with Gasteiger partial charge in [0.25, 0.3) is 7.82 Å². The summed E-state index contributed by atoms with van der Waals surface area (Å²) in [5.74, 6) is -0.200. The summed E-state index contributed by atoms with van der Waals surface area (Å²) in [5, 5.41) is 13.6. The van der Waals surface area contributed by atoms with Crippen LogP contribution in [0.1, 0.15) is 162 Å². The molecule has 0 aliphatic rings. The summed E-state index contributed by atoms with van der Waals surface area (Å²) in [6.07, 6.45) is 29.7. The van der Waals surface area contributed by atoms with Crippen LogP contribution in [-0.2, 0) is 18.4 Å². The van der Waals surface area contributed by atoms with Gasteiger partial charge in [0.15, 0.2) is 0 Å². The molecular formula is C36H73N2O6P. The normalized spacial score (nSPS) is 14.9. The first-order chi connectivity index (χ1) is 21.5. The van der Waals surface area contributed by atoms with Crippen molar-refractivity contribution in [1.82, 2.24) is 5.32 Å². The highest BCUT2D eigenvalue weighted by atomic mass is 31.2. The van der Waals surface area contributed by atoms with Crippen molar-refractivity contribution in [2.45, 2.75) is 174 Å². The first kappa shape index (κ1) is 44.2. The van der Waals surface area contributed by atoms with E-state index in [1.165, 1.54) is 103 Å². The third-order valence-electron chi connectivity index (χ3n) is 8.25. The first-order valence-corrected chi connectivity index (χ1v) is 20.0. The van der Waals surface area contributed by atoms with E-state index in [0.29, 0.717) is 17.4 Å². The number of rotatable bonds is 33. The molecule has 0 bridgehead atoms. The largest absolute Gasteiger partial charge is 0.756 e. The van der Waals surface area contributed by atoms with E-state index in [2.05, 4.69) is 19.2 Å². The van der Waals surface area contributed by atoms with Gasteiger partial charge in [-0.25, -0.2) is 0 Å². The summed E-state index contributed by atoms with van der Waals surface area (Å²) >= 11 is 0. The number of likely N-dealkylation sites (N-methyl/N-ethyl adjacent to an activating group) is 1. The molecule has 268 valence electrons. The smallest absolute Gasteiger partial charge is 0.268 e. The third kappa shape index (κ3) is 31.6. The van der Waals surface area contributed by atoms with E-state index in [-0.39, 0.29) is 19.1 Å². The second-order valence-electron chi connectivity index (χ2n) is 13.9. The molecule has 3 atom stereocenters. The Morgan fingerprint density at radius 1 is 0.756 bits per heavy atom. The molecule has 0 rings (SSSR count). The number of carbonyl (C=O) groups is 1. The van der Waals surface area contributed by atoms with E-state index in [1.54, 1.807) is 6.08 Å². The molecule has 0 radical (unpaired) electrons. The van der Waals surface area contributed by atoms with Crippen LogP contribution in [0.15, 0.2) is 12.2 Å². The second kappa shape index (κ2) is 29.4. The lowest BCUT2D eigenvalue weighted by molar-refractivity contribution is -0.870. The van der Waals surface area contributed by atoms with Gasteiger partial charge in [-0.3, -0.25) is 9.36 Å². The Bertz CT molecular complexity index is 758. The van der Waals surface area contributed by atoms with Gasteiger partial charge in [0.1, 0.15) is 13.2 Å². The van der Waals surface area contributed by atoms with Crippen molar-refractivity contribution in [3.63, 3.8) is 0 Å². The molecule has 8 nitrogen and oxygen atoms in total. The minimum atomic E-state index is -4.57. The molecule has 0 heterocycles. The number of nitrogens with zero attached hydrogens (tertiary/aromatic N) is 1. The summed E-state index contributed by atoms with van der Waals surface area (Å²) < 4.78 is 23.0. The van der Waals surface area contributed by atoms with Gasteiger partial charge in [0.2, 0.25) is 5.91 Å². The van der Waals surface area contributed by atoms with Crippen LogP contribution in [0.4, 0.5) is 0 Å². The van der Waals surface area contributed by atoms with Gasteiger partial charge in [-0.2, -0.15) is 0 Å². The van der Waals surface area contributed by atoms with Crippen LogP contribution >= 0.6 is 7.82 Å². The van der Waals surface area contributed by atoms with Crippen LogP contribution in [0, 0.1) is 0 Å². The average molecular weight is 661 g/mol. The Balaban J connectivity index is 4.49. The van der Waals surface area contributed by atoms with Crippen molar-refractivity contribution in [2.75, 3.05) is 40.9 Å². The van der Waals surface area contributed by atoms with Gasteiger partial charge in [-0.15, -0.1) is 0 Å². The van der Waals surface area contributed by atoms with E-state index in [0.717, 1.165) is 38.5 Å². The second-order valence-corrected chi connectivity index (χ2v) is 15.3. The van der Waals surface area contributed by atoms with Gasteiger partial charge in [-0.1, -0.05) is 148 Å². The summed E-state index contributed by atoms with van der Waals surface area (Å²) in [6, 6.07) is -0.876. The summed E-state index contributed by atoms with van der Waals surface area (Å²) in [4.78, 5) is 25.1. The third-order valence-corrected chi connectivity index (χ3v) is 9.21. The van der Waals surface area contributed by atoms with Crippen molar-refractivity contribution in [2.24, 2.45) is 0 Å². The van der Waals surface area contributed by atoms with Gasteiger partial charge < -0.3 is 28.8 Å². The highest BCUT2D eigenvalue weighted by Gasteiger charge is 2.23. The number of hydrogen-bond donors (Lipinski definition) is 2. The maximum Gasteiger partial charge on any atom is 0.268 e. The number of aliphatic hydroxyl groups excluding tert-OH is 1. The topological polar surface area (TPSA) is 108 Å². The van der Waals surface area contributed by atoms with Crippen molar-refractivity contribution < 1.29 is 32.9 Å². The number of allylic oxidation sites excluding steroid dienone is 1. The molecule has 0 saturated heterocycles. The molecule has 0 aromatic heterocycles. The number of carbonyl (C=O) groups excluding carboxylic acids is 1. The lowest BCUT2D eigenvalue weighted by atomic mass is 10.0. The minimum Gasteiger partial charge on any atom is -0.756 e. The molecule has 2 N–H and O–H groups in total. The maximum absolute atomic E-state index is 12.7. The molecule has 0 aromatic rings. The van der Waals surface area contributed by atoms with Crippen LogP contribution in [0.3, 0.4) is 0 Å². The van der Waals surface area contributed by atoms with E-state index in [4.69, 9.17) is 9.05 Å². The highest BCUT2D eigenvalue weighted by Crippen LogP contribution is 2.38. The fourth-order valence-electron chi connectivity index (χ4n) is 5.21. The van der Waals surface area contributed by atoms with Crippen molar-refractivity contribution >= 4 is 13.7 Å². The monoisotopic (exact) mass is 661 g/mol. The SMILES string of the molecule is CCCCCCCCC/C=C/[C@@H](O)[C@H](COP(=O)([O-])OCC[N+](C)(C)C)NC(=O)CCCCCCCCCCCCCCCC. The maximum atomic E-state index is 12.7. The predicted octanol–water partition coefficient (Wildman–Crippen LogP) is 8.61. The number of phosphoric ester groups is 1. The minimum absolute atomic E-state index is 0.00132. The van der Waals surface area contributed by atoms with Gasteiger partial charge in [0.05, 0.1) is 39.9 Å². The Hall–Kier alpha value is -0.760. The molecule has 9 heteroatoms. The molecule has 1 amide bonds. The summed E-state index contributed by atoms with van der Waals surface area (Å²) in [6.45, 7) is 4.60. The lowest BCUT2D eigenvalue weighted by Gasteiger charge is -2.29. The summed E-state index contributed by atoms with van der Waals surface area (Å²) in [7, 11) is 1.26. The van der Waals surface area contributed by atoms with Crippen LogP contribution < -0.4 is 10.2 Å². The Morgan fingerprint density at radius 2 is 1.20 bits per heavy atom. The molecule has 45 heavy (non-hydrogen) atoms. The van der Waals surface area contributed by atoms with Crippen molar-refractivity contribution in [1.29, 1.82) is 0 Å². The lowest BCUT2D eigenvalue weighted by Crippen LogP contribution is -2.45. The molecule has 0 aliphatic carbocycles. The molecule has 0 spiro atoms. The van der Waals surface area contributed by atoms with Gasteiger partial charge in [0, 0.05) is 6.42 Å². The molecule has 0 fully saturated rings. The molecule has 0 aliphatic heterocycles. The zero-order valence-electron chi connectivity index (χ0n) is 30.1. The Kier molecular flexibility index (Phi) is 28.9. The molecule has 0 saturated carbocycles. The van der Waals surface area contributed by atoms with Crippen LogP contribution in [-0.4, -0.2) is 68.5 Å². The number of hydrogen-bond acceptors (Lipinski definition) is 6. The quantitative estimate of drug-likeness (QED) is 0.0316. The number of phosphoric acid groups is 1. The fourth-order valence-corrected chi connectivity index (χ4v) is 5.93. The van der Waals surface area contributed by atoms with Crippen LogP contribution in [0.5, 0.6) is 0 Å². The van der Waals surface area contributed by atoms with Crippen LogP contribution in [0.2, 0.25) is 0 Å². The fraction of sp³-hybridized carbons (Fsp3) is 0.917. The van der Waals surface area contributed by atoms with Gasteiger partial charge >= 0.3 is 0 Å². The van der Waals surface area contributed by atoms with E-state index < -0.39 is 20.0 Å². The number of unbranched alkanes of at least 4 members (excludes halogenated alkanes) is 20. The molecule has 1 unspecified atom stereocenters. The highest BCUT2D eigenvalue weighted by molar-refractivity contribution is 7.45. The Labute approximate surface area is 278 Å². The predicted molar refractivity (Wildman–Crippen MR) is 187 cm³/mol. The van der Waals surface area contributed by atoms with E-state index >= 15 is 0 Å². The zero-order valence-corrected chi connectivity index (χ0v) is 31.0. The van der Waals surface area contributed by atoms with Crippen molar-refractivity contribution in [3.8, 4) is 0 Å². The number of amides is 1. The van der Waals surface area contributed by atoms with Crippen LogP contribution in [0.25, 0.3) is 0 Å². The number of quaternary nitrogens is 1. The van der Waals surface area contributed by atoms with E-state index in [1.807, 2.05) is 27.2 Å². The van der Waals surface area contributed by atoms with Gasteiger partial charge in [-0.05, 0) is 19.3 Å². The summed E-state index contributed by atoms with van der Waals surface area (Å²) in [5.41, 5.74) is 0. The zero-order chi connectivity index (χ0) is 33.7. The molecular weight excluding hydrogens is 587 g/mol. The average Bonchev–Trinajstić information content (AvgIpc) is 2.97. The Morgan fingerprint density at radius 3 is 1.67 bits per heavy atom.